The van der Waals surface area contributed by atoms with Gasteiger partial charge in [0.25, 0.3) is 0 Å². The summed E-state index contributed by atoms with van der Waals surface area (Å²) >= 11 is 0. The second-order valence-corrected chi connectivity index (χ2v) is 8.10. The Bertz CT molecular complexity index is 874. The largest absolute Gasteiger partial charge is 0.370 e. The van der Waals surface area contributed by atoms with Crippen molar-refractivity contribution in [1.29, 1.82) is 0 Å². The van der Waals surface area contributed by atoms with E-state index in [2.05, 4.69) is 54.1 Å². The zero-order chi connectivity index (χ0) is 21.6. The lowest BCUT2D eigenvalue weighted by atomic mass is 10.1. The predicted molar refractivity (Wildman–Crippen MR) is 122 cm³/mol. The highest BCUT2D eigenvalue weighted by atomic mass is 16.5. The number of rotatable bonds is 5. The topological polar surface area (TPSA) is 74.1 Å². The first kappa shape index (κ1) is 21.6. The van der Waals surface area contributed by atoms with Crippen LogP contribution in [0, 0.1) is 0 Å². The number of ether oxygens (including phenoxy) is 1. The Labute approximate surface area is 184 Å². The SMILES string of the molecule is CCN1CCN(c2cc(CNC(=NC)N3CCOC(c4cnn(C)c4)C3)ccn2)CC1. The summed E-state index contributed by atoms with van der Waals surface area (Å²) in [5.41, 5.74) is 2.31. The van der Waals surface area contributed by atoms with Gasteiger partial charge in [0.1, 0.15) is 11.9 Å². The molecule has 2 aromatic rings. The lowest BCUT2D eigenvalue weighted by molar-refractivity contribution is -0.00805. The van der Waals surface area contributed by atoms with E-state index in [9.17, 15) is 0 Å². The number of aliphatic imine (C=N–C) groups is 1. The third-order valence-corrected chi connectivity index (χ3v) is 6.08. The van der Waals surface area contributed by atoms with E-state index in [4.69, 9.17) is 4.74 Å². The van der Waals surface area contributed by atoms with E-state index in [1.165, 1.54) is 5.56 Å². The van der Waals surface area contributed by atoms with Gasteiger partial charge in [-0.3, -0.25) is 9.67 Å². The van der Waals surface area contributed by atoms with Crippen molar-refractivity contribution in [1.82, 2.24) is 29.9 Å². The summed E-state index contributed by atoms with van der Waals surface area (Å²) < 4.78 is 7.78. The Morgan fingerprint density at radius 2 is 2.10 bits per heavy atom. The van der Waals surface area contributed by atoms with Crippen LogP contribution in [0.2, 0.25) is 0 Å². The van der Waals surface area contributed by atoms with Crippen molar-refractivity contribution < 1.29 is 4.74 Å². The number of morpholine rings is 1. The third kappa shape index (κ3) is 5.34. The second-order valence-electron chi connectivity index (χ2n) is 8.10. The molecule has 0 amide bonds. The minimum absolute atomic E-state index is 0.00955. The monoisotopic (exact) mass is 426 g/mol. The Kier molecular flexibility index (Phi) is 7.03. The van der Waals surface area contributed by atoms with Crippen molar-refractivity contribution in [3.63, 3.8) is 0 Å². The lowest BCUT2D eigenvalue weighted by Crippen LogP contribution is -2.48. The third-order valence-electron chi connectivity index (χ3n) is 6.08. The van der Waals surface area contributed by atoms with E-state index in [1.54, 1.807) is 0 Å². The highest BCUT2D eigenvalue weighted by Crippen LogP contribution is 2.22. The van der Waals surface area contributed by atoms with Gasteiger partial charge >= 0.3 is 0 Å². The highest BCUT2D eigenvalue weighted by molar-refractivity contribution is 5.80. The molecule has 2 fully saturated rings. The van der Waals surface area contributed by atoms with Crippen LogP contribution in [0.4, 0.5) is 5.82 Å². The number of nitrogens with one attached hydrogen (secondary N) is 1. The van der Waals surface area contributed by atoms with Gasteiger partial charge in [0.05, 0.1) is 19.3 Å². The molecule has 4 rings (SSSR count). The van der Waals surface area contributed by atoms with E-state index in [1.807, 2.05) is 37.4 Å². The molecule has 1 N–H and O–H groups in total. The zero-order valence-corrected chi connectivity index (χ0v) is 18.9. The molecule has 2 aromatic heterocycles. The first-order chi connectivity index (χ1) is 15.2. The maximum atomic E-state index is 5.97. The first-order valence-electron chi connectivity index (χ1n) is 11.1. The van der Waals surface area contributed by atoms with Crippen LogP contribution in [0.25, 0.3) is 0 Å². The molecule has 4 heterocycles. The van der Waals surface area contributed by atoms with Crippen LogP contribution in [0.5, 0.6) is 0 Å². The van der Waals surface area contributed by atoms with Crippen LogP contribution >= 0.6 is 0 Å². The fourth-order valence-corrected chi connectivity index (χ4v) is 4.20. The fourth-order valence-electron chi connectivity index (χ4n) is 4.20. The Balaban J connectivity index is 1.34. The minimum atomic E-state index is 0.00955. The molecule has 168 valence electrons. The molecular formula is C22H34N8O. The summed E-state index contributed by atoms with van der Waals surface area (Å²) in [7, 11) is 3.76. The molecule has 1 atom stereocenters. The number of aromatic nitrogens is 3. The number of nitrogens with zero attached hydrogens (tertiary/aromatic N) is 7. The van der Waals surface area contributed by atoms with Crippen LogP contribution in [-0.2, 0) is 18.3 Å². The molecule has 0 spiro atoms. The van der Waals surface area contributed by atoms with E-state index in [0.29, 0.717) is 13.2 Å². The number of anilines is 1. The van der Waals surface area contributed by atoms with Gasteiger partial charge in [-0.25, -0.2) is 4.98 Å². The van der Waals surface area contributed by atoms with Crippen LogP contribution in [0.3, 0.4) is 0 Å². The molecule has 2 saturated heterocycles. The Morgan fingerprint density at radius 3 is 2.81 bits per heavy atom. The van der Waals surface area contributed by atoms with Crippen LogP contribution in [-0.4, -0.2) is 90.0 Å². The highest BCUT2D eigenvalue weighted by Gasteiger charge is 2.25. The summed E-state index contributed by atoms with van der Waals surface area (Å²) in [6.07, 6.45) is 5.82. The van der Waals surface area contributed by atoms with Crippen molar-refractivity contribution in [3.05, 3.63) is 41.9 Å². The van der Waals surface area contributed by atoms with Crippen molar-refractivity contribution in [2.75, 3.05) is 64.4 Å². The van der Waals surface area contributed by atoms with Crippen LogP contribution in [0.15, 0.2) is 35.7 Å². The summed E-state index contributed by atoms with van der Waals surface area (Å²) in [5, 5.41) is 7.80. The zero-order valence-electron chi connectivity index (χ0n) is 18.9. The predicted octanol–water partition coefficient (Wildman–Crippen LogP) is 1.11. The van der Waals surface area contributed by atoms with E-state index in [0.717, 1.165) is 63.2 Å². The summed E-state index contributed by atoms with van der Waals surface area (Å²) in [6, 6.07) is 4.27. The van der Waals surface area contributed by atoms with Gasteiger partial charge in [-0.2, -0.15) is 5.10 Å². The Hall–Kier alpha value is -2.65. The normalized spacial score (nSPS) is 20.9. The van der Waals surface area contributed by atoms with Crippen molar-refractivity contribution >= 4 is 11.8 Å². The standard InChI is InChI=1S/C22H34N8O/c1-4-28-7-9-29(10-8-28)21-13-18(5-6-24-21)14-25-22(23-2)30-11-12-31-20(17-30)19-15-26-27(3)16-19/h5-6,13,15-16,20H,4,7-12,14,17H2,1-3H3,(H,23,25). The quantitative estimate of drug-likeness (QED) is 0.567. The van der Waals surface area contributed by atoms with Crippen molar-refractivity contribution in [2.45, 2.75) is 19.6 Å². The Morgan fingerprint density at radius 1 is 1.26 bits per heavy atom. The maximum Gasteiger partial charge on any atom is 0.194 e. The molecule has 0 saturated carbocycles. The first-order valence-corrected chi connectivity index (χ1v) is 11.1. The van der Waals surface area contributed by atoms with Gasteiger partial charge in [-0.15, -0.1) is 0 Å². The summed E-state index contributed by atoms with van der Waals surface area (Å²) in [5.74, 6) is 1.96. The van der Waals surface area contributed by atoms with E-state index >= 15 is 0 Å². The smallest absolute Gasteiger partial charge is 0.194 e. The number of aryl methyl sites for hydroxylation is 1. The number of piperazine rings is 1. The molecule has 0 radical (unpaired) electrons. The van der Waals surface area contributed by atoms with Crippen LogP contribution < -0.4 is 10.2 Å². The fraction of sp³-hybridized carbons (Fsp3) is 0.591. The van der Waals surface area contributed by atoms with E-state index in [-0.39, 0.29) is 6.10 Å². The molecular weight excluding hydrogens is 392 g/mol. The van der Waals surface area contributed by atoms with Gasteiger partial charge in [0.15, 0.2) is 5.96 Å². The van der Waals surface area contributed by atoms with Gasteiger partial charge in [-0.05, 0) is 24.2 Å². The summed E-state index contributed by atoms with van der Waals surface area (Å²) in [6.45, 7) is 10.6. The van der Waals surface area contributed by atoms with Crippen LogP contribution in [0.1, 0.15) is 24.2 Å². The van der Waals surface area contributed by atoms with Crippen molar-refractivity contribution in [3.8, 4) is 0 Å². The average molecular weight is 427 g/mol. The maximum absolute atomic E-state index is 5.97. The average Bonchev–Trinajstić information content (AvgIpc) is 3.26. The number of hydrogen-bond acceptors (Lipinski definition) is 6. The van der Waals surface area contributed by atoms with Gasteiger partial charge < -0.3 is 24.8 Å². The molecule has 2 aliphatic heterocycles. The molecule has 9 nitrogen and oxygen atoms in total. The molecule has 2 aliphatic rings. The van der Waals surface area contributed by atoms with Gasteiger partial charge in [-0.1, -0.05) is 6.92 Å². The summed E-state index contributed by atoms with van der Waals surface area (Å²) in [4.78, 5) is 16.2. The number of hydrogen-bond donors (Lipinski definition) is 1. The number of guanidine groups is 1. The van der Waals surface area contributed by atoms with E-state index < -0.39 is 0 Å². The van der Waals surface area contributed by atoms with Gasteiger partial charge in [0.2, 0.25) is 0 Å². The molecule has 31 heavy (non-hydrogen) atoms. The molecule has 0 aromatic carbocycles. The molecule has 0 bridgehead atoms. The second kappa shape index (κ2) is 10.1. The molecule has 9 heteroatoms. The molecule has 1 unspecified atom stereocenters. The molecule has 0 aliphatic carbocycles. The van der Waals surface area contributed by atoms with Gasteiger partial charge in [0, 0.05) is 71.3 Å². The lowest BCUT2D eigenvalue weighted by Gasteiger charge is -2.35. The number of likely N-dealkylation sites (N-methyl/N-ethyl adjacent to an activating group) is 1. The number of pyridine rings is 1. The van der Waals surface area contributed by atoms with Crippen molar-refractivity contribution in [2.24, 2.45) is 12.0 Å². The minimum Gasteiger partial charge on any atom is -0.370 e.